The summed E-state index contributed by atoms with van der Waals surface area (Å²) in [7, 11) is 0. The number of carbonyl (C=O) groups excluding carboxylic acids is 1. The predicted molar refractivity (Wildman–Crippen MR) is 103 cm³/mol. The second-order valence-corrected chi connectivity index (χ2v) is 7.73. The van der Waals surface area contributed by atoms with Crippen molar-refractivity contribution in [2.24, 2.45) is 0 Å². The minimum absolute atomic E-state index is 0.114. The van der Waals surface area contributed by atoms with Gasteiger partial charge in [0.2, 0.25) is 0 Å². The zero-order valence-electron chi connectivity index (χ0n) is 14.3. The third kappa shape index (κ3) is 4.88. The molecule has 126 valence electrons. The zero-order chi connectivity index (χ0) is 16.8. The van der Waals surface area contributed by atoms with Crippen LogP contribution in [0.5, 0.6) is 0 Å². The summed E-state index contributed by atoms with van der Waals surface area (Å²) >= 11 is 1.43. The molecule has 0 aromatic heterocycles. The van der Waals surface area contributed by atoms with Crippen molar-refractivity contribution in [3.05, 3.63) is 70.8 Å². The molecule has 1 heterocycles. The molecule has 1 amide bonds. The Balaban J connectivity index is 1.44. The van der Waals surface area contributed by atoms with Gasteiger partial charge in [-0.05, 0) is 54.4 Å². The topological polar surface area (TPSA) is 29.1 Å². The highest BCUT2D eigenvalue weighted by atomic mass is 32.2. The predicted octanol–water partition coefficient (Wildman–Crippen LogP) is 4.79. The summed E-state index contributed by atoms with van der Waals surface area (Å²) < 4.78 is 0. The minimum atomic E-state index is 0.114. The molecular formula is C21H25NOS. The summed E-state index contributed by atoms with van der Waals surface area (Å²) in [6.45, 7) is 2.99. The average molecular weight is 340 g/mol. The van der Waals surface area contributed by atoms with Gasteiger partial charge in [0.05, 0.1) is 0 Å². The van der Waals surface area contributed by atoms with E-state index in [1.807, 2.05) is 0 Å². The lowest BCUT2D eigenvalue weighted by Gasteiger charge is -2.08. The third-order valence-electron chi connectivity index (χ3n) is 4.60. The quantitative estimate of drug-likeness (QED) is 0.785. The zero-order valence-corrected chi connectivity index (χ0v) is 15.1. The Labute approximate surface area is 149 Å². The van der Waals surface area contributed by atoms with Gasteiger partial charge >= 0.3 is 0 Å². The van der Waals surface area contributed by atoms with Crippen LogP contribution in [0.1, 0.15) is 35.6 Å². The molecule has 1 saturated heterocycles. The van der Waals surface area contributed by atoms with Crippen molar-refractivity contribution >= 4 is 17.0 Å². The van der Waals surface area contributed by atoms with E-state index in [1.165, 1.54) is 40.4 Å². The average Bonchev–Trinajstić information content (AvgIpc) is 3.02. The molecule has 0 aliphatic carbocycles. The number of rotatable bonds is 7. The van der Waals surface area contributed by atoms with Gasteiger partial charge in [-0.25, -0.2) is 0 Å². The molecule has 0 saturated carbocycles. The Morgan fingerprint density at radius 1 is 0.917 bits per heavy atom. The Hall–Kier alpha value is -1.74. The van der Waals surface area contributed by atoms with Crippen molar-refractivity contribution < 1.29 is 4.79 Å². The molecule has 24 heavy (non-hydrogen) atoms. The summed E-state index contributed by atoms with van der Waals surface area (Å²) in [6, 6.07) is 17.9. The number of thioether (sulfide) groups is 1. The van der Waals surface area contributed by atoms with Crippen LogP contribution in [0, 0.1) is 0 Å². The number of amides is 1. The first kappa shape index (κ1) is 17.1. The van der Waals surface area contributed by atoms with E-state index in [4.69, 9.17) is 0 Å². The molecule has 3 heteroatoms. The van der Waals surface area contributed by atoms with Crippen molar-refractivity contribution in [3.8, 4) is 0 Å². The van der Waals surface area contributed by atoms with Crippen molar-refractivity contribution in [3.63, 3.8) is 0 Å². The molecule has 2 aromatic carbocycles. The fraction of sp³-hybridized carbons (Fsp3) is 0.381. The molecular weight excluding hydrogens is 314 g/mol. The van der Waals surface area contributed by atoms with Crippen LogP contribution in [0.2, 0.25) is 0 Å². The Kier molecular flexibility index (Phi) is 5.97. The monoisotopic (exact) mass is 339 g/mol. The van der Waals surface area contributed by atoms with Gasteiger partial charge in [0, 0.05) is 11.8 Å². The fourth-order valence-electron chi connectivity index (χ4n) is 3.09. The normalized spacial score (nSPS) is 17.0. The molecule has 1 aliphatic rings. The number of carbonyl (C=O) groups is 1. The summed E-state index contributed by atoms with van der Waals surface area (Å²) in [5.41, 5.74) is 5.56. The van der Waals surface area contributed by atoms with E-state index in [0.29, 0.717) is 5.25 Å². The summed E-state index contributed by atoms with van der Waals surface area (Å²) in [5.74, 6) is 0. The van der Waals surface area contributed by atoms with Crippen molar-refractivity contribution in [1.82, 2.24) is 5.32 Å². The Morgan fingerprint density at radius 2 is 1.46 bits per heavy atom. The Bertz CT molecular complexity index is 663. The highest BCUT2D eigenvalue weighted by molar-refractivity contribution is 8.14. The van der Waals surface area contributed by atoms with Crippen molar-refractivity contribution in [2.75, 3.05) is 6.54 Å². The minimum Gasteiger partial charge on any atom is -0.346 e. The van der Waals surface area contributed by atoms with Crippen LogP contribution in [0.15, 0.2) is 48.5 Å². The lowest BCUT2D eigenvalue weighted by Crippen LogP contribution is -2.16. The molecule has 2 nitrogen and oxygen atoms in total. The maximum Gasteiger partial charge on any atom is 0.279 e. The van der Waals surface area contributed by atoms with E-state index in [2.05, 4.69) is 60.8 Å². The van der Waals surface area contributed by atoms with E-state index < -0.39 is 0 Å². The first-order chi connectivity index (χ1) is 11.7. The van der Waals surface area contributed by atoms with Crippen LogP contribution in [0.4, 0.5) is 4.79 Å². The molecule has 1 atom stereocenters. The van der Waals surface area contributed by atoms with Gasteiger partial charge in [0.25, 0.3) is 5.24 Å². The van der Waals surface area contributed by atoms with Gasteiger partial charge in [0.1, 0.15) is 0 Å². The van der Waals surface area contributed by atoms with Crippen molar-refractivity contribution in [2.45, 2.75) is 44.3 Å². The lowest BCUT2D eigenvalue weighted by molar-refractivity contribution is 0.262. The highest BCUT2D eigenvalue weighted by Gasteiger charge is 2.22. The molecule has 2 aromatic rings. The second kappa shape index (κ2) is 8.39. The van der Waals surface area contributed by atoms with Gasteiger partial charge in [-0.1, -0.05) is 67.2 Å². The van der Waals surface area contributed by atoms with Crippen LogP contribution >= 0.6 is 11.8 Å². The maximum absolute atomic E-state index is 11.2. The molecule has 1 fully saturated rings. The van der Waals surface area contributed by atoms with Gasteiger partial charge in [-0.2, -0.15) is 0 Å². The summed E-state index contributed by atoms with van der Waals surface area (Å²) in [6.07, 6.45) is 5.51. The van der Waals surface area contributed by atoms with Crippen molar-refractivity contribution in [1.29, 1.82) is 0 Å². The van der Waals surface area contributed by atoms with Crippen LogP contribution in [-0.4, -0.2) is 17.0 Å². The van der Waals surface area contributed by atoms with Crippen LogP contribution in [-0.2, 0) is 25.7 Å². The molecule has 0 spiro atoms. The van der Waals surface area contributed by atoms with Gasteiger partial charge in [0.15, 0.2) is 0 Å². The third-order valence-corrected chi connectivity index (χ3v) is 5.62. The number of hydrogen-bond acceptors (Lipinski definition) is 2. The van der Waals surface area contributed by atoms with Gasteiger partial charge < -0.3 is 5.32 Å². The highest BCUT2D eigenvalue weighted by Crippen LogP contribution is 2.22. The standard InChI is InChI=1S/C21H25NOS/c1-2-16-6-8-17(9-7-16)4-3-5-18-10-12-19(13-11-18)14-20-15-22-21(23)24-20/h6-13,20H,2-5,14-15H2,1H3,(H,22,23). The van der Waals surface area contributed by atoms with E-state index >= 15 is 0 Å². The van der Waals surface area contributed by atoms with Crippen LogP contribution in [0.25, 0.3) is 0 Å². The van der Waals surface area contributed by atoms with E-state index in [9.17, 15) is 4.79 Å². The molecule has 3 rings (SSSR count). The number of benzene rings is 2. The fourth-order valence-corrected chi connectivity index (χ4v) is 4.00. The molecule has 1 aliphatic heterocycles. The first-order valence-corrected chi connectivity index (χ1v) is 9.71. The Morgan fingerprint density at radius 3 is 1.96 bits per heavy atom. The largest absolute Gasteiger partial charge is 0.346 e. The van der Waals surface area contributed by atoms with Crippen LogP contribution < -0.4 is 5.32 Å². The van der Waals surface area contributed by atoms with E-state index in [-0.39, 0.29) is 5.24 Å². The first-order valence-electron chi connectivity index (χ1n) is 8.83. The summed E-state index contributed by atoms with van der Waals surface area (Å²) in [5, 5.41) is 3.37. The number of hydrogen-bond donors (Lipinski definition) is 1. The number of nitrogens with one attached hydrogen (secondary N) is 1. The van der Waals surface area contributed by atoms with E-state index in [0.717, 1.165) is 32.2 Å². The van der Waals surface area contributed by atoms with Crippen LogP contribution in [0.3, 0.4) is 0 Å². The molecule has 0 radical (unpaired) electrons. The molecule has 1 N–H and O–H groups in total. The maximum atomic E-state index is 11.2. The second-order valence-electron chi connectivity index (χ2n) is 6.45. The van der Waals surface area contributed by atoms with Gasteiger partial charge in [-0.15, -0.1) is 0 Å². The molecule has 1 unspecified atom stereocenters. The number of aryl methyl sites for hydroxylation is 3. The van der Waals surface area contributed by atoms with Gasteiger partial charge in [-0.3, -0.25) is 4.79 Å². The smallest absolute Gasteiger partial charge is 0.279 e. The molecule has 0 bridgehead atoms. The SMILES string of the molecule is CCc1ccc(CCCc2ccc(CC3CNC(=O)S3)cc2)cc1. The lowest BCUT2D eigenvalue weighted by atomic mass is 10.0. The van der Waals surface area contributed by atoms with E-state index in [1.54, 1.807) is 0 Å². The summed E-state index contributed by atoms with van der Waals surface area (Å²) in [4.78, 5) is 11.2.